The molecular weight excluding hydrogens is 657 g/mol. The lowest BCUT2D eigenvalue weighted by atomic mass is 10.0. The monoisotopic (exact) mass is 691 g/mol. The van der Waals surface area contributed by atoms with E-state index < -0.39 is 5.82 Å². The number of amides is 1. The normalized spacial score (nSPS) is 16.4. The molecule has 0 aliphatic carbocycles. The first kappa shape index (κ1) is 32.1. The highest BCUT2D eigenvalue weighted by Gasteiger charge is 2.24. The minimum Gasteiger partial charge on any atom is -0.473 e. The number of hydrogen-bond acceptors (Lipinski definition) is 7. The molecule has 0 saturated carbocycles. The molecule has 6 aromatic rings. The maximum Gasteiger partial charge on any atom is 0.255 e. The highest BCUT2D eigenvalue weighted by molar-refractivity contribution is 6.30. The van der Waals surface area contributed by atoms with Gasteiger partial charge in [0.25, 0.3) is 5.91 Å². The number of rotatable bonds is 10. The molecule has 1 amide bonds. The average molecular weight is 692 g/mol. The summed E-state index contributed by atoms with van der Waals surface area (Å²) in [5.41, 5.74) is 7.25. The number of benzene rings is 3. The molecule has 0 spiro atoms. The van der Waals surface area contributed by atoms with E-state index in [1.54, 1.807) is 18.2 Å². The van der Waals surface area contributed by atoms with E-state index in [0.29, 0.717) is 40.8 Å². The zero-order chi connectivity index (χ0) is 34.2. The number of nitrogens with one attached hydrogen (secondary N) is 2. The molecule has 2 aliphatic heterocycles. The SMILES string of the molecule is Cc1[nH]nc2ccc(NC(=O)c3ccc4nc(CN5CC=C(c6cccc(OCc7ccc(Cl)cc7F)n6)CC5)n(CC5CCO5)c4c3)cc12. The van der Waals surface area contributed by atoms with Gasteiger partial charge in [-0.15, -0.1) is 0 Å². The van der Waals surface area contributed by atoms with Gasteiger partial charge >= 0.3 is 0 Å². The number of hydrogen-bond donors (Lipinski definition) is 2. The summed E-state index contributed by atoms with van der Waals surface area (Å²) < 4.78 is 28.1. The second-order valence-electron chi connectivity index (χ2n) is 12.8. The summed E-state index contributed by atoms with van der Waals surface area (Å²) in [4.78, 5) is 25.5. The second kappa shape index (κ2) is 13.7. The molecule has 3 aromatic carbocycles. The van der Waals surface area contributed by atoms with Crippen molar-refractivity contribution in [2.45, 2.75) is 45.6 Å². The van der Waals surface area contributed by atoms with E-state index in [4.69, 9.17) is 31.0 Å². The lowest BCUT2D eigenvalue weighted by molar-refractivity contribution is -0.0591. The van der Waals surface area contributed by atoms with E-state index in [0.717, 1.165) is 77.3 Å². The maximum atomic E-state index is 14.2. The second-order valence-corrected chi connectivity index (χ2v) is 13.2. The molecular formula is C38H35ClFN7O3. The first-order valence-electron chi connectivity index (χ1n) is 16.7. The molecule has 2 aliphatic rings. The third-order valence-electron chi connectivity index (χ3n) is 9.37. The van der Waals surface area contributed by atoms with Crippen molar-refractivity contribution >= 4 is 50.7 Å². The van der Waals surface area contributed by atoms with E-state index in [1.165, 1.54) is 6.07 Å². The van der Waals surface area contributed by atoms with Gasteiger partial charge < -0.3 is 19.4 Å². The summed E-state index contributed by atoms with van der Waals surface area (Å²) in [6.07, 6.45) is 4.12. The first-order chi connectivity index (χ1) is 24.4. The molecule has 1 unspecified atom stereocenters. The highest BCUT2D eigenvalue weighted by atomic mass is 35.5. The number of aromatic nitrogens is 5. The third kappa shape index (κ3) is 6.72. The molecule has 254 valence electrons. The van der Waals surface area contributed by atoms with Crippen LogP contribution in [0.15, 0.2) is 78.9 Å². The molecule has 0 bridgehead atoms. The Kier molecular flexibility index (Phi) is 8.78. The number of H-pyrrole nitrogens is 1. The summed E-state index contributed by atoms with van der Waals surface area (Å²) in [5.74, 6) is 0.789. The summed E-state index contributed by atoms with van der Waals surface area (Å²) in [5, 5.41) is 11.6. The van der Waals surface area contributed by atoms with Crippen LogP contribution in [-0.2, 0) is 24.4 Å². The van der Waals surface area contributed by atoms with Gasteiger partial charge in [-0.3, -0.25) is 14.8 Å². The van der Waals surface area contributed by atoms with Crippen LogP contribution in [0.3, 0.4) is 0 Å². The standard InChI is InChI=1S/C38H35ClFN7O3/c1-23-30-19-28(8-10-33(30)45-44-23)41-38(48)25-6-9-34-35(17-25)47(20-29-13-16-49-29)36(42-34)21-46-14-11-24(12-15-46)32-3-2-4-37(43-32)50-22-26-5-7-27(39)18-31(26)40/h2-11,17-19,29H,12-16,20-22H2,1H3,(H,41,48)(H,44,45). The van der Waals surface area contributed by atoms with Gasteiger partial charge in [0.15, 0.2) is 0 Å². The number of ether oxygens (including phenoxy) is 2. The van der Waals surface area contributed by atoms with Crippen molar-refractivity contribution in [3.63, 3.8) is 0 Å². The minimum absolute atomic E-state index is 0.0628. The zero-order valence-corrected chi connectivity index (χ0v) is 28.2. The molecule has 12 heteroatoms. The van der Waals surface area contributed by atoms with Crippen molar-refractivity contribution in [3.05, 3.63) is 118 Å². The van der Waals surface area contributed by atoms with Crippen molar-refractivity contribution in [1.29, 1.82) is 0 Å². The molecule has 2 N–H and O–H groups in total. The van der Waals surface area contributed by atoms with Gasteiger partial charge in [0.1, 0.15) is 18.2 Å². The van der Waals surface area contributed by atoms with Crippen molar-refractivity contribution in [2.24, 2.45) is 0 Å². The number of aryl methyl sites for hydroxylation is 1. The number of nitrogens with zero attached hydrogens (tertiary/aromatic N) is 5. The molecule has 1 fully saturated rings. The highest BCUT2D eigenvalue weighted by Crippen LogP contribution is 2.28. The molecule has 5 heterocycles. The number of carbonyl (C=O) groups is 1. The Morgan fingerprint density at radius 1 is 1.10 bits per heavy atom. The summed E-state index contributed by atoms with van der Waals surface area (Å²) in [6.45, 7) is 5.67. The molecule has 3 aromatic heterocycles. The lowest BCUT2D eigenvalue weighted by Crippen LogP contribution is -2.33. The van der Waals surface area contributed by atoms with Crippen LogP contribution >= 0.6 is 11.6 Å². The van der Waals surface area contributed by atoms with Gasteiger partial charge in [0.05, 0.1) is 41.4 Å². The van der Waals surface area contributed by atoms with Crippen LogP contribution in [0, 0.1) is 12.7 Å². The summed E-state index contributed by atoms with van der Waals surface area (Å²) >= 11 is 5.88. The fourth-order valence-electron chi connectivity index (χ4n) is 6.44. The number of aromatic amines is 1. The first-order valence-corrected chi connectivity index (χ1v) is 17.1. The Hall–Kier alpha value is -5.10. The van der Waals surface area contributed by atoms with Gasteiger partial charge in [-0.05, 0) is 79.9 Å². The average Bonchev–Trinajstić information content (AvgIpc) is 3.64. The lowest BCUT2D eigenvalue weighted by Gasteiger charge is -2.29. The van der Waals surface area contributed by atoms with Crippen LogP contribution in [0.2, 0.25) is 5.02 Å². The number of anilines is 1. The van der Waals surface area contributed by atoms with Crippen LogP contribution in [0.5, 0.6) is 5.88 Å². The topological polar surface area (TPSA) is 110 Å². The van der Waals surface area contributed by atoms with Gasteiger partial charge in [0, 0.05) is 58.7 Å². The van der Waals surface area contributed by atoms with E-state index in [1.807, 2.05) is 55.5 Å². The van der Waals surface area contributed by atoms with E-state index in [2.05, 4.69) is 31.1 Å². The Labute approximate surface area is 292 Å². The number of carbonyl (C=O) groups excluding carboxylic acids is 1. The van der Waals surface area contributed by atoms with Crippen molar-refractivity contribution < 1.29 is 18.7 Å². The van der Waals surface area contributed by atoms with Crippen LogP contribution in [0.25, 0.3) is 27.5 Å². The fourth-order valence-corrected chi connectivity index (χ4v) is 6.60. The fraction of sp³-hybridized carbons (Fsp3) is 0.263. The van der Waals surface area contributed by atoms with Gasteiger partial charge in [-0.2, -0.15) is 5.10 Å². The van der Waals surface area contributed by atoms with Crippen LogP contribution in [-0.4, -0.2) is 61.3 Å². The molecule has 50 heavy (non-hydrogen) atoms. The number of fused-ring (bicyclic) bond motifs is 2. The van der Waals surface area contributed by atoms with Crippen LogP contribution in [0.1, 0.15) is 46.0 Å². The predicted molar refractivity (Wildman–Crippen MR) is 191 cm³/mol. The largest absolute Gasteiger partial charge is 0.473 e. The van der Waals surface area contributed by atoms with E-state index in [9.17, 15) is 9.18 Å². The molecule has 1 saturated heterocycles. The Morgan fingerprint density at radius 3 is 2.78 bits per heavy atom. The summed E-state index contributed by atoms with van der Waals surface area (Å²) in [6, 6.07) is 21.6. The predicted octanol–water partition coefficient (Wildman–Crippen LogP) is 7.32. The smallest absolute Gasteiger partial charge is 0.255 e. The number of halogens is 2. The molecule has 0 radical (unpaired) electrons. The Morgan fingerprint density at radius 2 is 1.98 bits per heavy atom. The van der Waals surface area contributed by atoms with Gasteiger partial charge in [-0.25, -0.2) is 14.4 Å². The van der Waals surface area contributed by atoms with E-state index in [-0.39, 0.29) is 18.6 Å². The molecule has 1 atom stereocenters. The van der Waals surface area contributed by atoms with Gasteiger partial charge in [-0.1, -0.05) is 29.8 Å². The van der Waals surface area contributed by atoms with Crippen molar-refractivity contribution in [3.8, 4) is 5.88 Å². The maximum absolute atomic E-state index is 14.2. The summed E-state index contributed by atoms with van der Waals surface area (Å²) in [7, 11) is 0. The quantitative estimate of drug-likeness (QED) is 0.155. The zero-order valence-electron chi connectivity index (χ0n) is 27.5. The number of imidazole rings is 1. The Balaban J connectivity index is 0.969. The van der Waals surface area contributed by atoms with Crippen LogP contribution < -0.4 is 10.1 Å². The number of pyridine rings is 1. The van der Waals surface area contributed by atoms with E-state index >= 15 is 0 Å². The molecule has 8 rings (SSSR count). The van der Waals surface area contributed by atoms with Crippen molar-refractivity contribution in [1.82, 2.24) is 29.6 Å². The van der Waals surface area contributed by atoms with Crippen LogP contribution in [0.4, 0.5) is 10.1 Å². The van der Waals surface area contributed by atoms with Crippen molar-refractivity contribution in [2.75, 3.05) is 25.0 Å². The van der Waals surface area contributed by atoms with Gasteiger partial charge in [0.2, 0.25) is 5.88 Å². The minimum atomic E-state index is -0.404. The third-order valence-corrected chi connectivity index (χ3v) is 9.61. The Bertz CT molecular complexity index is 2260. The molecule has 10 nitrogen and oxygen atoms in total.